The molecule has 170 valence electrons. The number of carbonyl (C=O) groups excluding carboxylic acids is 3. The zero-order chi connectivity index (χ0) is 23.3. The van der Waals surface area contributed by atoms with E-state index in [1.54, 1.807) is 36.4 Å². The Balaban J connectivity index is 2.13. The summed E-state index contributed by atoms with van der Waals surface area (Å²) in [7, 11) is 3.82. The second-order valence-electron chi connectivity index (χ2n) is 6.23. The van der Waals surface area contributed by atoms with Crippen molar-refractivity contribution in [2.75, 3.05) is 41.2 Å². The third-order valence-corrected chi connectivity index (χ3v) is 4.00. The highest BCUT2D eigenvalue weighted by Gasteiger charge is 2.08. The van der Waals surface area contributed by atoms with Gasteiger partial charge in [-0.05, 0) is 35.4 Å². The SMILES string of the molecule is COC(=O)COc1ccc(/C=C/c2cc(OCC(=O)OC)cc(OCC(=O)OC)c2)cc1. The molecule has 0 aliphatic heterocycles. The van der Waals surface area contributed by atoms with Crippen LogP contribution in [-0.4, -0.2) is 59.1 Å². The van der Waals surface area contributed by atoms with E-state index >= 15 is 0 Å². The third-order valence-electron chi connectivity index (χ3n) is 4.00. The fourth-order valence-corrected chi connectivity index (χ4v) is 2.33. The molecule has 0 heterocycles. The maximum atomic E-state index is 11.4. The predicted octanol–water partition coefficient (Wildman–Crippen LogP) is 2.51. The average molecular weight is 444 g/mol. The molecule has 2 aromatic carbocycles. The Morgan fingerprint density at radius 2 is 1.00 bits per heavy atom. The van der Waals surface area contributed by atoms with E-state index in [9.17, 15) is 14.4 Å². The minimum Gasteiger partial charge on any atom is -0.482 e. The van der Waals surface area contributed by atoms with E-state index in [-0.39, 0.29) is 19.8 Å². The van der Waals surface area contributed by atoms with Crippen LogP contribution in [0.25, 0.3) is 12.2 Å². The molecule has 32 heavy (non-hydrogen) atoms. The molecule has 0 radical (unpaired) electrons. The summed E-state index contributed by atoms with van der Waals surface area (Å²) in [5.74, 6) is -0.263. The summed E-state index contributed by atoms with van der Waals surface area (Å²) in [5, 5.41) is 0. The first-order valence-electron chi connectivity index (χ1n) is 9.45. The first-order chi connectivity index (χ1) is 15.4. The van der Waals surface area contributed by atoms with Crippen molar-refractivity contribution in [3.8, 4) is 17.2 Å². The van der Waals surface area contributed by atoms with Crippen molar-refractivity contribution in [3.05, 3.63) is 53.6 Å². The second-order valence-corrected chi connectivity index (χ2v) is 6.23. The van der Waals surface area contributed by atoms with Crippen LogP contribution in [-0.2, 0) is 28.6 Å². The van der Waals surface area contributed by atoms with Gasteiger partial charge in [0.15, 0.2) is 19.8 Å². The lowest BCUT2D eigenvalue weighted by Gasteiger charge is -2.10. The predicted molar refractivity (Wildman–Crippen MR) is 114 cm³/mol. The molecule has 9 nitrogen and oxygen atoms in total. The van der Waals surface area contributed by atoms with E-state index in [0.717, 1.165) is 5.56 Å². The van der Waals surface area contributed by atoms with E-state index in [2.05, 4.69) is 14.2 Å². The van der Waals surface area contributed by atoms with Gasteiger partial charge in [-0.2, -0.15) is 0 Å². The highest BCUT2D eigenvalue weighted by atomic mass is 16.6. The van der Waals surface area contributed by atoms with Crippen molar-refractivity contribution in [3.63, 3.8) is 0 Å². The maximum Gasteiger partial charge on any atom is 0.343 e. The van der Waals surface area contributed by atoms with Crippen LogP contribution in [0.1, 0.15) is 11.1 Å². The van der Waals surface area contributed by atoms with E-state index in [1.165, 1.54) is 21.3 Å². The monoisotopic (exact) mass is 444 g/mol. The minimum atomic E-state index is -0.530. The van der Waals surface area contributed by atoms with Crippen LogP contribution < -0.4 is 14.2 Å². The molecule has 0 atom stereocenters. The van der Waals surface area contributed by atoms with Gasteiger partial charge >= 0.3 is 17.9 Å². The summed E-state index contributed by atoms with van der Waals surface area (Å²) in [4.78, 5) is 33.9. The van der Waals surface area contributed by atoms with Crippen LogP contribution in [0.4, 0.5) is 0 Å². The van der Waals surface area contributed by atoms with Crippen molar-refractivity contribution in [2.24, 2.45) is 0 Å². The van der Waals surface area contributed by atoms with Gasteiger partial charge in [-0.15, -0.1) is 0 Å². The lowest BCUT2D eigenvalue weighted by molar-refractivity contribution is -0.143. The van der Waals surface area contributed by atoms with E-state index in [4.69, 9.17) is 14.2 Å². The quantitative estimate of drug-likeness (QED) is 0.293. The molecule has 0 bridgehead atoms. The van der Waals surface area contributed by atoms with Gasteiger partial charge < -0.3 is 28.4 Å². The van der Waals surface area contributed by atoms with Crippen molar-refractivity contribution in [1.29, 1.82) is 0 Å². The number of benzene rings is 2. The molecule has 0 aliphatic carbocycles. The van der Waals surface area contributed by atoms with E-state index < -0.39 is 17.9 Å². The topological polar surface area (TPSA) is 107 Å². The summed E-state index contributed by atoms with van der Waals surface area (Å²) in [6.07, 6.45) is 3.65. The van der Waals surface area contributed by atoms with Crippen LogP contribution in [0.3, 0.4) is 0 Å². The Hall–Kier alpha value is -4.01. The van der Waals surface area contributed by atoms with Crippen molar-refractivity contribution < 1.29 is 42.8 Å². The Kier molecular flexibility index (Phi) is 9.58. The molecule has 2 aromatic rings. The van der Waals surface area contributed by atoms with Crippen molar-refractivity contribution >= 4 is 30.1 Å². The highest BCUT2D eigenvalue weighted by Crippen LogP contribution is 2.25. The Labute approximate surface area is 185 Å². The molecule has 0 N–H and O–H groups in total. The maximum absolute atomic E-state index is 11.4. The molecule has 0 unspecified atom stereocenters. The van der Waals surface area contributed by atoms with Gasteiger partial charge in [0.1, 0.15) is 17.2 Å². The molecule has 0 saturated heterocycles. The zero-order valence-corrected chi connectivity index (χ0v) is 18.0. The molecule has 0 aliphatic rings. The first kappa shape index (κ1) is 24.3. The van der Waals surface area contributed by atoms with Gasteiger partial charge in [-0.3, -0.25) is 0 Å². The van der Waals surface area contributed by atoms with Gasteiger partial charge in [-0.25, -0.2) is 14.4 Å². The van der Waals surface area contributed by atoms with Crippen LogP contribution in [0.2, 0.25) is 0 Å². The average Bonchev–Trinajstić information content (AvgIpc) is 2.83. The number of hydrogen-bond donors (Lipinski definition) is 0. The normalized spacial score (nSPS) is 10.3. The molecule has 0 amide bonds. The molecule has 2 rings (SSSR count). The lowest BCUT2D eigenvalue weighted by atomic mass is 10.1. The molecular formula is C23H24O9. The molecule has 0 aromatic heterocycles. The van der Waals surface area contributed by atoms with Crippen molar-refractivity contribution in [2.45, 2.75) is 0 Å². The van der Waals surface area contributed by atoms with Crippen LogP contribution in [0.5, 0.6) is 17.2 Å². The Morgan fingerprint density at radius 1 is 0.594 bits per heavy atom. The fourth-order valence-electron chi connectivity index (χ4n) is 2.33. The minimum absolute atomic E-state index is 0.168. The van der Waals surface area contributed by atoms with Crippen molar-refractivity contribution in [1.82, 2.24) is 0 Å². The molecule has 0 saturated carbocycles. The fraction of sp³-hybridized carbons (Fsp3) is 0.261. The highest BCUT2D eigenvalue weighted by molar-refractivity contribution is 5.73. The number of ether oxygens (including phenoxy) is 6. The number of carbonyl (C=O) groups is 3. The molecular weight excluding hydrogens is 420 g/mol. The summed E-state index contributed by atoms with van der Waals surface area (Å²) >= 11 is 0. The van der Waals surface area contributed by atoms with Gasteiger partial charge in [0.2, 0.25) is 0 Å². The second kappa shape index (κ2) is 12.6. The molecule has 9 heteroatoms. The van der Waals surface area contributed by atoms with E-state index in [1.807, 2.05) is 18.2 Å². The van der Waals surface area contributed by atoms with E-state index in [0.29, 0.717) is 22.8 Å². The lowest BCUT2D eigenvalue weighted by Crippen LogP contribution is -2.14. The summed E-state index contributed by atoms with van der Waals surface area (Å²) < 4.78 is 29.9. The Bertz CT molecular complexity index is 910. The molecule has 0 fully saturated rings. The first-order valence-corrected chi connectivity index (χ1v) is 9.45. The smallest absolute Gasteiger partial charge is 0.343 e. The van der Waals surface area contributed by atoms with Crippen LogP contribution in [0.15, 0.2) is 42.5 Å². The number of esters is 3. The molecule has 0 spiro atoms. The van der Waals surface area contributed by atoms with Gasteiger partial charge in [-0.1, -0.05) is 24.3 Å². The summed E-state index contributed by atoms with van der Waals surface area (Å²) in [5.41, 5.74) is 1.58. The number of hydrogen-bond acceptors (Lipinski definition) is 9. The van der Waals surface area contributed by atoms with Crippen LogP contribution >= 0.6 is 0 Å². The third kappa shape index (κ3) is 8.39. The van der Waals surface area contributed by atoms with Crippen LogP contribution in [0, 0.1) is 0 Å². The van der Waals surface area contributed by atoms with Gasteiger partial charge in [0.25, 0.3) is 0 Å². The summed E-state index contributed by atoms with van der Waals surface area (Å²) in [6, 6.07) is 12.0. The largest absolute Gasteiger partial charge is 0.482 e. The Morgan fingerprint density at radius 3 is 1.44 bits per heavy atom. The summed E-state index contributed by atoms with van der Waals surface area (Å²) in [6.45, 7) is -0.710. The zero-order valence-electron chi connectivity index (χ0n) is 18.0. The number of rotatable bonds is 11. The van der Waals surface area contributed by atoms with Gasteiger partial charge in [0.05, 0.1) is 21.3 Å². The standard InChI is InChI=1S/C23H24O9/c1-27-21(24)13-30-18-8-6-16(7-9-18)4-5-17-10-19(31-14-22(25)28-2)12-20(11-17)32-15-23(26)29-3/h4-12H,13-15H2,1-3H3/b5-4+. The van der Waals surface area contributed by atoms with Gasteiger partial charge in [0, 0.05) is 6.07 Å². The number of methoxy groups -OCH3 is 3.